The zero-order valence-corrected chi connectivity index (χ0v) is 25.2. The second-order valence-corrected chi connectivity index (χ2v) is 12.5. The number of methoxy groups -OCH3 is 1. The first-order chi connectivity index (χ1) is 21.4. The number of carbonyl (C=O) groups is 1. The predicted molar refractivity (Wildman–Crippen MR) is 169 cm³/mol. The van der Waals surface area contributed by atoms with Crippen molar-refractivity contribution >= 4 is 33.5 Å². The summed E-state index contributed by atoms with van der Waals surface area (Å²) < 4.78 is 12.3. The van der Waals surface area contributed by atoms with E-state index in [0.29, 0.717) is 30.3 Å². The van der Waals surface area contributed by atoms with Crippen LogP contribution in [-0.2, 0) is 20.1 Å². The lowest BCUT2D eigenvalue weighted by molar-refractivity contribution is 0.0700. The maximum Gasteiger partial charge on any atom is 0.254 e. The molecule has 11 heteroatoms. The summed E-state index contributed by atoms with van der Waals surface area (Å²) in [7, 11) is 3.57. The van der Waals surface area contributed by atoms with Gasteiger partial charge in [-0.15, -0.1) is 0 Å². The zero-order valence-electron chi connectivity index (χ0n) is 25.2. The van der Waals surface area contributed by atoms with Crippen LogP contribution >= 0.6 is 0 Å². The van der Waals surface area contributed by atoms with E-state index in [0.717, 1.165) is 72.4 Å². The van der Waals surface area contributed by atoms with Crippen molar-refractivity contribution in [2.75, 3.05) is 38.3 Å². The van der Waals surface area contributed by atoms with Crippen LogP contribution < -0.4 is 15.4 Å². The van der Waals surface area contributed by atoms with Crippen molar-refractivity contribution < 1.29 is 14.6 Å². The Bertz CT molecular complexity index is 1900. The molecule has 2 aromatic carbocycles. The van der Waals surface area contributed by atoms with E-state index in [1.54, 1.807) is 11.8 Å². The Morgan fingerprint density at radius 2 is 2.05 bits per heavy atom. The minimum absolute atomic E-state index is 0.00709. The zero-order chi connectivity index (χ0) is 30.1. The Morgan fingerprint density at radius 1 is 1.16 bits per heavy atom. The maximum atomic E-state index is 13.9. The molecule has 2 fully saturated rings. The highest BCUT2D eigenvalue weighted by atomic mass is 16.5. The van der Waals surface area contributed by atoms with Gasteiger partial charge in [0.1, 0.15) is 11.3 Å². The fourth-order valence-electron chi connectivity index (χ4n) is 7.86. The van der Waals surface area contributed by atoms with E-state index in [-0.39, 0.29) is 24.6 Å². The number of para-hydroxylation sites is 1. The number of hydrogen-bond acceptors (Lipinski definition) is 7. The largest absolute Gasteiger partial charge is 0.494 e. The van der Waals surface area contributed by atoms with E-state index in [1.165, 1.54) is 11.2 Å². The van der Waals surface area contributed by atoms with E-state index in [4.69, 9.17) is 15.5 Å². The number of ether oxygens (including phenoxy) is 1. The number of hydrogen-bond donors (Lipinski definition) is 2. The number of fused-ring (bicyclic) bond motifs is 3. The van der Waals surface area contributed by atoms with Gasteiger partial charge in [0.15, 0.2) is 5.82 Å². The normalized spacial score (nSPS) is 20.9. The van der Waals surface area contributed by atoms with Crippen LogP contribution in [0.2, 0.25) is 0 Å². The molecular formula is C33H38N8O3. The van der Waals surface area contributed by atoms with E-state index in [1.807, 2.05) is 36.5 Å². The molecule has 1 saturated carbocycles. The van der Waals surface area contributed by atoms with Gasteiger partial charge in [-0.3, -0.25) is 9.48 Å². The van der Waals surface area contributed by atoms with Crippen molar-refractivity contribution in [3.8, 4) is 17.3 Å². The number of benzene rings is 2. The number of aromatic nitrogens is 5. The molecule has 0 spiro atoms. The van der Waals surface area contributed by atoms with Crippen molar-refractivity contribution in [2.24, 2.45) is 18.7 Å². The molecule has 0 unspecified atom stereocenters. The number of piperidine rings is 1. The average Bonchev–Trinajstić information content (AvgIpc) is 3.86. The molecule has 228 valence electrons. The fourth-order valence-corrected chi connectivity index (χ4v) is 7.86. The van der Waals surface area contributed by atoms with Crippen molar-refractivity contribution in [2.45, 2.75) is 44.4 Å². The Kier molecular flexibility index (Phi) is 6.42. The van der Waals surface area contributed by atoms with Gasteiger partial charge in [0.25, 0.3) is 5.91 Å². The van der Waals surface area contributed by atoms with Gasteiger partial charge in [-0.2, -0.15) is 5.10 Å². The topological polar surface area (TPSA) is 120 Å². The van der Waals surface area contributed by atoms with Crippen molar-refractivity contribution in [1.82, 2.24) is 28.8 Å². The molecule has 1 aliphatic carbocycles. The van der Waals surface area contributed by atoms with Crippen molar-refractivity contribution in [3.05, 3.63) is 59.9 Å². The summed E-state index contributed by atoms with van der Waals surface area (Å²) in [6.45, 7) is 3.89. The lowest BCUT2D eigenvalue weighted by Crippen LogP contribution is -2.41. The van der Waals surface area contributed by atoms with E-state index in [2.05, 4.69) is 43.4 Å². The van der Waals surface area contributed by atoms with Crippen LogP contribution in [0, 0.1) is 5.92 Å². The van der Waals surface area contributed by atoms with Crippen LogP contribution in [0.3, 0.4) is 0 Å². The third kappa shape index (κ3) is 4.13. The number of amides is 1. The molecule has 11 nitrogen and oxygen atoms in total. The molecule has 3 atom stereocenters. The lowest BCUT2D eigenvalue weighted by Gasteiger charge is -2.31. The summed E-state index contributed by atoms with van der Waals surface area (Å²) >= 11 is 0. The molecule has 5 heterocycles. The summed E-state index contributed by atoms with van der Waals surface area (Å²) in [5.74, 6) is 1.81. The van der Waals surface area contributed by atoms with Crippen molar-refractivity contribution in [3.63, 3.8) is 0 Å². The predicted octanol–water partition coefficient (Wildman–Crippen LogP) is 3.21. The standard InChI is InChI=1S/C33H38N8O3/c1-37-17-20(16-35-37)18-41-31-24(13-23(15-28(31)44-2)33(43)40-19-22-7-8-25(40)29(22)34)36-32(41)27-14-21-5-3-6-26-30(21)39(27)11-10-38(26)9-4-12-42/h3,5-6,13-17,22,25,29,42H,4,7-12,18-19,34H2,1-2H3/t22-,25-,29-/m1/s1. The number of anilines is 1. The summed E-state index contributed by atoms with van der Waals surface area (Å²) in [5, 5.41) is 15.0. The van der Waals surface area contributed by atoms with Gasteiger partial charge >= 0.3 is 0 Å². The number of likely N-dealkylation sites (tertiary alicyclic amines) is 1. The molecule has 5 aromatic rings. The lowest BCUT2D eigenvalue weighted by atomic mass is 10.1. The molecule has 1 saturated heterocycles. The molecule has 3 N–H and O–H groups in total. The smallest absolute Gasteiger partial charge is 0.254 e. The fraction of sp³-hybridized carbons (Fsp3) is 0.424. The quantitative estimate of drug-likeness (QED) is 0.283. The highest BCUT2D eigenvalue weighted by Gasteiger charge is 2.47. The van der Waals surface area contributed by atoms with Gasteiger partial charge in [0.05, 0.1) is 42.3 Å². The van der Waals surface area contributed by atoms with Crippen LogP contribution in [-0.4, -0.2) is 85.2 Å². The first-order valence-electron chi connectivity index (χ1n) is 15.6. The van der Waals surface area contributed by atoms with Gasteiger partial charge in [-0.25, -0.2) is 4.98 Å². The van der Waals surface area contributed by atoms with E-state index in [9.17, 15) is 9.90 Å². The van der Waals surface area contributed by atoms with Gasteiger partial charge in [0, 0.05) is 74.6 Å². The third-order valence-electron chi connectivity index (χ3n) is 9.94. The molecule has 3 aromatic heterocycles. The monoisotopic (exact) mass is 594 g/mol. The number of aliphatic hydroxyl groups excluding tert-OH is 1. The second kappa shape index (κ2) is 10.4. The first kappa shape index (κ1) is 27.2. The summed E-state index contributed by atoms with van der Waals surface area (Å²) in [5.41, 5.74) is 13.0. The molecule has 0 radical (unpaired) electrons. The van der Waals surface area contributed by atoms with Gasteiger partial charge in [-0.05, 0) is 49.4 Å². The maximum absolute atomic E-state index is 13.9. The number of rotatable bonds is 8. The first-order valence-corrected chi connectivity index (χ1v) is 15.6. The van der Waals surface area contributed by atoms with Gasteiger partial charge in [-0.1, -0.05) is 12.1 Å². The molecule has 8 rings (SSSR count). The van der Waals surface area contributed by atoms with Crippen LogP contribution in [0.15, 0.2) is 48.8 Å². The van der Waals surface area contributed by atoms with Crippen LogP contribution in [0.1, 0.15) is 35.2 Å². The highest BCUT2D eigenvalue weighted by molar-refractivity contribution is 6.01. The van der Waals surface area contributed by atoms with E-state index < -0.39 is 0 Å². The number of imidazole rings is 1. The molecular weight excluding hydrogens is 556 g/mol. The molecule has 1 amide bonds. The summed E-state index contributed by atoms with van der Waals surface area (Å²) in [6.07, 6.45) is 6.68. The minimum atomic E-state index is -0.00709. The van der Waals surface area contributed by atoms with Gasteiger partial charge in [0.2, 0.25) is 0 Å². The third-order valence-corrected chi connectivity index (χ3v) is 9.94. The molecule has 3 aliphatic rings. The minimum Gasteiger partial charge on any atom is -0.494 e. The SMILES string of the molecule is COc1cc(C(=O)N2C[C@H]3CC[C@@H]2[C@@H]3N)cc2nc(-c3cc4cccc5c4n3CCN5CCCO)n(Cc3cnn(C)c3)c12. The number of nitrogens with two attached hydrogens (primary N) is 1. The number of aryl methyl sites for hydroxylation is 1. The Labute approximate surface area is 255 Å². The summed E-state index contributed by atoms with van der Waals surface area (Å²) in [4.78, 5) is 23.4. The van der Waals surface area contributed by atoms with Crippen LogP contribution in [0.25, 0.3) is 33.5 Å². The number of nitrogens with zero attached hydrogens (tertiary/aromatic N) is 7. The Morgan fingerprint density at radius 3 is 2.77 bits per heavy atom. The molecule has 44 heavy (non-hydrogen) atoms. The highest BCUT2D eigenvalue weighted by Crippen LogP contribution is 2.41. The number of carbonyl (C=O) groups excluding carboxylic acids is 1. The second-order valence-electron chi connectivity index (χ2n) is 12.5. The molecule has 2 bridgehead atoms. The Balaban J connectivity index is 1.29. The van der Waals surface area contributed by atoms with Gasteiger partial charge < -0.3 is 34.5 Å². The average molecular weight is 595 g/mol. The van der Waals surface area contributed by atoms with Crippen molar-refractivity contribution in [1.29, 1.82) is 0 Å². The van der Waals surface area contributed by atoms with E-state index >= 15 is 0 Å². The number of aliphatic hydroxyl groups is 1. The van der Waals surface area contributed by atoms with Crippen LogP contribution in [0.4, 0.5) is 5.69 Å². The summed E-state index contributed by atoms with van der Waals surface area (Å²) in [6, 6.07) is 12.6. The molecule has 2 aliphatic heterocycles. The van der Waals surface area contributed by atoms with Crippen LogP contribution in [0.5, 0.6) is 5.75 Å². The Hall–Kier alpha value is -4.35.